The lowest BCUT2D eigenvalue weighted by Crippen LogP contribution is -2.54. The highest BCUT2D eigenvalue weighted by atomic mass is 15.2. The summed E-state index contributed by atoms with van der Waals surface area (Å²) in [7, 11) is 0. The molecule has 2 aliphatic rings. The van der Waals surface area contributed by atoms with Crippen molar-refractivity contribution in [1.82, 2.24) is 10.2 Å². The molecule has 2 nitrogen and oxygen atoms in total. The minimum Gasteiger partial charge on any atom is -0.309 e. The molecule has 0 bridgehead atoms. The van der Waals surface area contributed by atoms with Crippen LogP contribution >= 0.6 is 0 Å². The van der Waals surface area contributed by atoms with Crippen LogP contribution in [-0.2, 0) is 6.54 Å². The Labute approximate surface area is 142 Å². The van der Waals surface area contributed by atoms with Gasteiger partial charge in [-0.15, -0.1) is 0 Å². The summed E-state index contributed by atoms with van der Waals surface area (Å²) in [5, 5.41) is 3.84. The first-order valence-corrected chi connectivity index (χ1v) is 9.81. The van der Waals surface area contributed by atoms with Gasteiger partial charge in [0, 0.05) is 31.7 Å². The molecule has 23 heavy (non-hydrogen) atoms. The Bertz CT molecular complexity index is 454. The van der Waals surface area contributed by atoms with Crippen LogP contribution in [0.4, 0.5) is 0 Å². The minimum absolute atomic E-state index is 0.656. The van der Waals surface area contributed by atoms with E-state index in [0.717, 1.165) is 24.4 Å². The highest BCUT2D eigenvalue weighted by molar-refractivity contribution is 5.14. The maximum absolute atomic E-state index is 3.84. The van der Waals surface area contributed by atoms with Crippen molar-refractivity contribution in [2.24, 2.45) is 11.8 Å². The Hall–Kier alpha value is -0.860. The largest absolute Gasteiger partial charge is 0.309 e. The first-order valence-electron chi connectivity index (χ1n) is 9.81. The van der Waals surface area contributed by atoms with E-state index in [-0.39, 0.29) is 0 Å². The third-order valence-electron chi connectivity index (χ3n) is 6.16. The molecule has 1 saturated heterocycles. The van der Waals surface area contributed by atoms with Crippen LogP contribution < -0.4 is 5.32 Å². The highest BCUT2D eigenvalue weighted by Gasteiger charge is 2.35. The van der Waals surface area contributed by atoms with Crippen molar-refractivity contribution in [2.45, 2.75) is 71.0 Å². The summed E-state index contributed by atoms with van der Waals surface area (Å²) in [4.78, 5) is 2.84. The van der Waals surface area contributed by atoms with Crippen LogP contribution in [0.5, 0.6) is 0 Å². The smallest absolute Gasteiger partial charge is 0.0208 e. The van der Waals surface area contributed by atoms with Gasteiger partial charge in [-0.05, 0) is 43.1 Å². The average molecular weight is 315 g/mol. The molecule has 1 aliphatic heterocycles. The second-order valence-electron chi connectivity index (χ2n) is 7.69. The van der Waals surface area contributed by atoms with Crippen LogP contribution in [0.15, 0.2) is 30.3 Å². The summed E-state index contributed by atoms with van der Waals surface area (Å²) < 4.78 is 0. The molecule has 1 saturated carbocycles. The molecule has 0 aromatic heterocycles. The molecule has 1 N–H and O–H groups in total. The molecule has 3 unspecified atom stereocenters. The van der Waals surface area contributed by atoms with E-state index in [1.165, 1.54) is 57.2 Å². The molecule has 1 aromatic carbocycles. The topological polar surface area (TPSA) is 15.3 Å². The molecule has 1 heterocycles. The number of nitrogens with zero attached hydrogens (tertiary/aromatic N) is 1. The predicted octanol–water partition coefficient (Wildman–Crippen LogP) is 4.46. The number of nitrogens with one attached hydrogen (secondary N) is 1. The van der Waals surface area contributed by atoms with Gasteiger partial charge in [-0.2, -0.15) is 0 Å². The van der Waals surface area contributed by atoms with E-state index in [2.05, 4.69) is 54.4 Å². The molecule has 1 aromatic rings. The zero-order chi connectivity index (χ0) is 16.1. The lowest BCUT2D eigenvalue weighted by Gasteiger charge is -2.47. The van der Waals surface area contributed by atoms with E-state index in [1.54, 1.807) is 0 Å². The standard InChI is InChI=1S/C21H34N2/c1-3-17-13-20(22-14-18-9-6-5-7-10-18)16-23(15-17)21(4-2)19-11-8-12-19/h5-7,9-10,17,19-22H,3-4,8,11-16H2,1-2H3. The van der Waals surface area contributed by atoms with E-state index in [1.807, 2.05) is 0 Å². The van der Waals surface area contributed by atoms with Crippen LogP contribution in [0, 0.1) is 11.8 Å². The lowest BCUT2D eigenvalue weighted by molar-refractivity contribution is 0.0390. The fourth-order valence-corrected chi connectivity index (χ4v) is 4.53. The van der Waals surface area contributed by atoms with Crippen molar-refractivity contribution in [3.63, 3.8) is 0 Å². The van der Waals surface area contributed by atoms with Gasteiger partial charge in [-0.1, -0.05) is 57.0 Å². The second-order valence-corrected chi connectivity index (χ2v) is 7.69. The fraction of sp³-hybridized carbons (Fsp3) is 0.714. The quantitative estimate of drug-likeness (QED) is 0.799. The van der Waals surface area contributed by atoms with Crippen molar-refractivity contribution in [3.05, 3.63) is 35.9 Å². The van der Waals surface area contributed by atoms with Crippen LogP contribution in [0.2, 0.25) is 0 Å². The summed E-state index contributed by atoms with van der Waals surface area (Å²) in [5.74, 6) is 1.84. The SMILES string of the molecule is CCC1CC(NCc2ccccc2)CN(C(CC)C2CCC2)C1. The van der Waals surface area contributed by atoms with Crippen molar-refractivity contribution in [3.8, 4) is 0 Å². The van der Waals surface area contributed by atoms with Gasteiger partial charge in [-0.3, -0.25) is 4.90 Å². The van der Waals surface area contributed by atoms with Gasteiger partial charge in [-0.25, -0.2) is 0 Å². The Morgan fingerprint density at radius 3 is 2.52 bits per heavy atom. The van der Waals surface area contributed by atoms with Crippen molar-refractivity contribution in [2.75, 3.05) is 13.1 Å². The molecular formula is C21H34N2. The minimum atomic E-state index is 0.656. The van der Waals surface area contributed by atoms with Crippen LogP contribution in [0.1, 0.15) is 57.9 Å². The van der Waals surface area contributed by atoms with Crippen molar-refractivity contribution in [1.29, 1.82) is 0 Å². The number of rotatable bonds is 7. The third-order valence-corrected chi connectivity index (χ3v) is 6.16. The van der Waals surface area contributed by atoms with Gasteiger partial charge in [0.15, 0.2) is 0 Å². The number of hydrogen-bond acceptors (Lipinski definition) is 2. The van der Waals surface area contributed by atoms with Gasteiger partial charge in [0.25, 0.3) is 0 Å². The van der Waals surface area contributed by atoms with Crippen LogP contribution in [0.25, 0.3) is 0 Å². The first-order chi connectivity index (χ1) is 11.3. The Morgan fingerprint density at radius 2 is 1.91 bits per heavy atom. The first kappa shape index (κ1) is 17.0. The molecule has 3 atom stereocenters. The van der Waals surface area contributed by atoms with E-state index in [4.69, 9.17) is 0 Å². The normalized spacial score (nSPS) is 27.6. The summed E-state index contributed by atoms with van der Waals surface area (Å²) >= 11 is 0. The molecule has 2 fully saturated rings. The summed E-state index contributed by atoms with van der Waals surface area (Å²) in [6.45, 7) is 8.35. The third kappa shape index (κ3) is 4.36. The number of benzene rings is 1. The molecule has 2 heteroatoms. The monoisotopic (exact) mass is 314 g/mol. The van der Waals surface area contributed by atoms with Gasteiger partial charge < -0.3 is 5.32 Å². The van der Waals surface area contributed by atoms with Crippen molar-refractivity contribution < 1.29 is 0 Å². The summed E-state index contributed by atoms with van der Waals surface area (Å²) in [5.41, 5.74) is 1.41. The van der Waals surface area contributed by atoms with Gasteiger partial charge in [0.2, 0.25) is 0 Å². The van der Waals surface area contributed by atoms with Crippen LogP contribution in [-0.4, -0.2) is 30.1 Å². The lowest BCUT2D eigenvalue weighted by atomic mass is 9.77. The van der Waals surface area contributed by atoms with E-state index < -0.39 is 0 Å². The number of hydrogen-bond donors (Lipinski definition) is 1. The molecule has 0 radical (unpaired) electrons. The summed E-state index contributed by atoms with van der Waals surface area (Å²) in [6.07, 6.45) is 8.39. The van der Waals surface area contributed by atoms with Gasteiger partial charge in [0.1, 0.15) is 0 Å². The molecule has 128 valence electrons. The molecule has 0 amide bonds. The van der Waals surface area contributed by atoms with E-state index >= 15 is 0 Å². The zero-order valence-corrected chi connectivity index (χ0v) is 15.0. The molecular weight excluding hydrogens is 280 g/mol. The maximum atomic E-state index is 3.84. The Balaban J connectivity index is 1.58. The van der Waals surface area contributed by atoms with Crippen molar-refractivity contribution >= 4 is 0 Å². The molecule has 1 aliphatic carbocycles. The summed E-state index contributed by atoms with van der Waals surface area (Å²) in [6, 6.07) is 12.3. The van der Waals surface area contributed by atoms with E-state index in [9.17, 15) is 0 Å². The molecule has 0 spiro atoms. The number of likely N-dealkylation sites (tertiary alicyclic amines) is 1. The zero-order valence-electron chi connectivity index (χ0n) is 15.0. The second kappa shape index (κ2) is 8.30. The van der Waals surface area contributed by atoms with Crippen LogP contribution in [0.3, 0.4) is 0 Å². The Morgan fingerprint density at radius 1 is 1.13 bits per heavy atom. The fourth-order valence-electron chi connectivity index (χ4n) is 4.53. The highest BCUT2D eigenvalue weighted by Crippen LogP contribution is 2.35. The maximum Gasteiger partial charge on any atom is 0.0208 e. The predicted molar refractivity (Wildman–Crippen MR) is 98.5 cm³/mol. The van der Waals surface area contributed by atoms with E-state index in [0.29, 0.717) is 6.04 Å². The Kier molecular flexibility index (Phi) is 6.13. The van der Waals surface area contributed by atoms with Gasteiger partial charge in [0.05, 0.1) is 0 Å². The molecule has 3 rings (SSSR count). The number of piperidine rings is 1. The average Bonchev–Trinajstić information content (AvgIpc) is 2.56. The van der Waals surface area contributed by atoms with Gasteiger partial charge >= 0.3 is 0 Å².